The van der Waals surface area contributed by atoms with E-state index in [2.05, 4.69) is 54.0 Å². The molecule has 1 atom stereocenters. The van der Waals surface area contributed by atoms with E-state index in [9.17, 15) is 0 Å². The highest BCUT2D eigenvalue weighted by atomic mass is 15.1. The van der Waals surface area contributed by atoms with Gasteiger partial charge in [0.15, 0.2) is 11.0 Å². The van der Waals surface area contributed by atoms with Gasteiger partial charge in [0.2, 0.25) is 6.33 Å². The highest BCUT2D eigenvalue weighted by molar-refractivity contribution is 5.70. The number of nitrogens with one attached hydrogen (secondary N) is 1. The predicted octanol–water partition coefficient (Wildman–Crippen LogP) is 5.01. The van der Waals surface area contributed by atoms with E-state index in [1.807, 2.05) is 0 Å². The molecular weight excluding hydrogens is 256 g/mol. The quantitative estimate of drug-likeness (QED) is 0.745. The van der Waals surface area contributed by atoms with Crippen LogP contribution in [0.2, 0.25) is 0 Å². The number of benzene rings is 1. The van der Waals surface area contributed by atoms with Crippen molar-refractivity contribution in [3.8, 4) is 0 Å². The minimum atomic E-state index is 0.691. The Hall–Kier alpha value is -1.31. The summed E-state index contributed by atoms with van der Waals surface area (Å²) in [5.41, 5.74) is 2.62. The number of para-hydroxylation sites is 2. The van der Waals surface area contributed by atoms with Crippen LogP contribution in [0.15, 0.2) is 30.6 Å². The van der Waals surface area contributed by atoms with E-state index in [0.717, 1.165) is 11.8 Å². The van der Waals surface area contributed by atoms with E-state index < -0.39 is 0 Å². The average molecular weight is 285 g/mol. The van der Waals surface area contributed by atoms with Crippen molar-refractivity contribution in [1.82, 2.24) is 4.98 Å². The van der Waals surface area contributed by atoms with E-state index in [-0.39, 0.29) is 0 Å². The van der Waals surface area contributed by atoms with Crippen LogP contribution in [0.25, 0.3) is 11.0 Å². The molecule has 2 aromatic rings. The molecule has 1 fully saturated rings. The minimum Gasteiger partial charge on any atom is -0.243 e. The molecular formula is C19H29N2+. The summed E-state index contributed by atoms with van der Waals surface area (Å²) in [6.07, 6.45) is 11.8. The Morgan fingerprint density at radius 3 is 2.62 bits per heavy atom. The van der Waals surface area contributed by atoms with Crippen molar-refractivity contribution in [1.29, 1.82) is 0 Å². The fourth-order valence-corrected chi connectivity index (χ4v) is 4.33. The summed E-state index contributed by atoms with van der Waals surface area (Å²) in [5.74, 6) is 1.93. The lowest BCUT2D eigenvalue weighted by atomic mass is 9.75. The first-order chi connectivity index (χ1) is 10.3. The van der Waals surface area contributed by atoms with Crippen LogP contribution in [0.5, 0.6) is 0 Å². The first-order valence-corrected chi connectivity index (χ1v) is 8.80. The molecule has 2 heteroatoms. The second kappa shape index (κ2) is 6.64. The number of hydrogen-bond acceptors (Lipinski definition) is 0. The molecule has 1 N–H and O–H groups in total. The van der Waals surface area contributed by atoms with E-state index >= 15 is 0 Å². The van der Waals surface area contributed by atoms with Gasteiger partial charge in [-0.05, 0) is 49.7 Å². The molecule has 0 aliphatic heterocycles. The van der Waals surface area contributed by atoms with Gasteiger partial charge in [0.25, 0.3) is 0 Å². The van der Waals surface area contributed by atoms with E-state index in [4.69, 9.17) is 0 Å². The van der Waals surface area contributed by atoms with Gasteiger partial charge in [-0.3, -0.25) is 0 Å². The fraction of sp³-hybridized carbons (Fsp3) is 0.632. The van der Waals surface area contributed by atoms with Crippen molar-refractivity contribution in [3.63, 3.8) is 0 Å². The van der Waals surface area contributed by atoms with Crippen molar-refractivity contribution >= 4 is 11.0 Å². The maximum atomic E-state index is 3.41. The fourth-order valence-electron chi connectivity index (χ4n) is 4.33. The Kier molecular flexibility index (Phi) is 4.62. The number of fused-ring (bicyclic) bond motifs is 1. The Bertz CT molecular complexity index is 564. The summed E-state index contributed by atoms with van der Waals surface area (Å²) >= 11 is 0. The standard InChI is InChI=1S/C19H28N2/c1-3-7-15(4-2)16-10-12-17(13-11-16)21-14-20-18-8-5-6-9-19(18)21/h5-6,8-9,14-17H,3-4,7,10-13H2,1-2H3/p+1. The first-order valence-electron chi connectivity index (χ1n) is 8.80. The van der Waals surface area contributed by atoms with Gasteiger partial charge in [-0.2, -0.15) is 0 Å². The molecule has 0 spiro atoms. The number of H-pyrrole nitrogens is 1. The molecule has 1 aromatic heterocycles. The topological polar surface area (TPSA) is 19.7 Å². The third-order valence-electron chi connectivity index (χ3n) is 5.53. The zero-order valence-corrected chi connectivity index (χ0v) is 13.5. The molecule has 2 nitrogen and oxygen atoms in total. The van der Waals surface area contributed by atoms with Gasteiger partial charge in [0.05, 0.1) is 0 Å². The maximum absolute atomic E-state index is 3.41. The second-order valence-corrected chi connectivity index (χ2v) is 6.72. The first kappa shape index (κ1) is 14.6. The lowest BCUT2D eigenvalue weighted by Crippen LogP contribution is -2.40. The number of aromatic amines is 1. The number of nitrogens with zero attached hydrogens (tertiary/aromatic N) is 1. The van der Waals surface area contributed by atoms with Crippen LogP contribution in [-0.4, -0.2) is 4.98 Å². The monoisotopic (exact) mass is 285 g/mol. The molecule has 1 heterocycles. The Balaban J connectivity index is 1.68. The predicted molar refractivity (Wildman–Crippen MR) is 88.2 cm³/mol. The average Bonchev–Trinajstić information content (AvgIpc) is 2.97. The Morgan fingerprint density at radius 1 is 1.14 bits per heavy atom. The summed E-state index contributed by atoms with van der Waals surface area (Å²) in [6.45, 7) is 4.71. The van der Waals surface area contributed by atoms with Crippen LogP contribution in [0, 0.1) is 11.8 Å². The number of rotatable bonds is 5. The van der Waals surface area contributed by atoms with Crippen LogP contribution in [-0.2, 0) is 0 Å². The molecule has 21 heavy (non-hydrogen) atoms. The van der Waals surface area contributed by atoms with E-state index in [1.165, 1.54) is 56.0 Å². The number of aromatic nitrogens is 2. The van der Waals surface area contributed by atoms with E-state index in [0.29, 0.717) is 6.04 Å². The van der Waals surface area contributed by atoms with Crippen molar-refractivity contribution in [2.75, 3.05) is 0 Å². The van der Waals surface area contributed by atoms with Gasteiger partial charge in [0, 0.05) is 0 Å². The van der Waals surface area contributed by atoms with Crippen LogP contribution >= 0.6 is 0 Å². The van der Waals surface area contributed by atoms with Gasteiger partial charge >= 0.3 is 0 Å². The molecule has 3 rings (SSSR count). The SMILES string of the molecule is CCCC(CC)C1CCC([n+]2c[nH]c3ccccc32)CC1. The van der Waals surface area contributed by atoms with E-state index in [1.54, 1.807) is 0 Å². The molecule has 0 bridgehead atoms. The summed E-state index contributed by atoms with van der Waals surface area (Å²) in [5, 5.41) is 0. The van der Waals surface area contributed by atoms with Crippen molar-refractivity contribution < 1.29 is 4.57 Å². The zero-order chi connectivity index (χ0) is 14.7. The van der Waals surface area contributed by atoms with Gasteiger partial charge in [-0.25, -0.2) is 9.55 Å². The molecule has 1 unspecified atom stereocenters. The van der Waals surface area contributed by atoms with Gasteiger partial charge in [-0.1, -0.05) is 45.2 Å². The Morgan fingerprint density at radius 2 is 1.90 bits per heavy atom. The lowest BCUT2D eigenvalue weighted by Gasteiger charge is -2.32. The highest BCUT2D eigenvalue weighted by Crippen LogP contribution is 2.37. The molecule has 0 amide bonds. The smallest absolute Gasteiger partial charge is 0.242 e. The molecule has 0 saturated heterocycles. The second-order valence-electron chi connectivity index (χ2n) is 6.72. The molecule has 1 saturated carbocycles. The third kappa shape index (κ3) is 3.00. The van der Waals surface area contributed by atoms with Crippen LogP contribution < -0.4 is 4.57 Å². The Labute approximate surface area is 128 Å². The summed E-state index contributed by atoms with van der Waals surface area (Å²) in [7, 11) is 0. The summed E-state index contributed by atoms with van der Waals surface area (Å²) in [4.78, 5) is 3.41. The van der Waals surface area contributed by atoms with Gasteiger partial charge < -0.3 is 0 Å². The van der Waals surface area contributed by atoms with Crippen LogP contribution in [0.3, 0.4) is 0 Å². The highest BCUT2D eigenvalue weighted by Gasteiger charge is 2.30. The van der Waals surface area contributed by atoms with Gasteiger partial charge in [-0.15, -0.1) is 0 Å². The number of imidazole rings is 1. The van der Waals surface area contributed by atoms with Crippen LogP contribution in [0.4, 0.5) is 0 Å². The van der Waals surface area contributed by atoms with Crippen molar-refractivity contribution in [3.05, 3.63) is 30.6 Å². The lowest BCUT2D eigenvalue weighted by molar-refractivity contribution is -0.701. The van der Waals surface area contributed by atoms with Crippen molar-refractivity contribution in [2.24, 2.45) is 11.8 Å². The molecule has 1 aliphatic carbocycles. The summed E-state index contributed by atoms with van der Waals surface area (Å²) in [6, 6.07) is 9.36. The number of hydrogen-bond donors (Lipinski definition) is 1. The molecule has 114 valence electrons. The minimum absolute atomic E-state index is 0.691. The zero-order valence-electron chi connectivity index (χ0n) is 13.5. The molecule has 1 aliphatic rings. The summed E-state index contributed by atoms with van der Waals surface area (Å²) < 4.78 is 2.48. The van der Waals surface area contributed by atoms with Crippen molar-refractivity contribution in [2.45, 2.75) is 64.8 Å². The maximum Gasteiger partial charge on any atom is 0.242 e. The largest absolute Gasteiger partial charge is 0.243 e. The normalized spacial score (nSPS) is 24.3. The van der Waals surface area contributed by atoms with Crippen LogP contribution in [0.1, 0.15) is 64.8 Å². The molecule has 1 aromatic carbocycles. The molecule has 0 radical (unpaired) electrons. The third-order valence-corrected chi connectivity index (χ3v) is 5.53. The van der Waals surface area contributed by atoms with Gasteiger partial charge in [0.1, 0.15) is 6.04 Å².